The van der Waals surface area contributed by atoms with Crippen molar-refractivity contribution < 1.29 is 23.8 Å². The fourth-order valence-corrected chi connectivity index (χ4v) is 4.94. The molecule has 9 heteroatoms. The second kappa shape index (κ2) is 7.28. The van der Waals surface area contributed by atoms with Crippen molar-refractivity contribution in [2.24, 2.45) is 0 Å². The highest BCUT2D eigenvalue weighted by atomic mass is 32.1. The standard InChI is InChI=1S/C24H22FN3O4S/c1-23(2,3)32-22(31)27-24(8-9-24)14-5-6-15(16(25)11-14)17-12-28-18-7-4-13(20(29)30)10-19(18)33-21(28)26-17/h4-7,10-12H,8-9H2,1-3H3,(H,27,31)(H,29,30). The molecule has 1 aliphatic rings. The van der Waals surface area contributed by atoms with Gasteiger partial charge in [-0.25, -0.2) is 19.0 Å². The van der Waals surface area contributed by atoms with Crippen LogP contribution in [0.1, 0.15) is 49.5 Å². The minimum absolute atomic E-state index is 0.211. The van der Waals surface area contributed by atoms with E-state index in [1.807, 2.05) is 10.5 Å². The van der Waals surface area contributed by atoms with Crippen LogP contribution in [0.25, 0.3) is 26.4 Å². The fourth-order valence-electron chi connectivity index (χ4n) is 3.89. The van der Waals surface area contributed by atoms with Crippen molar-refractivity contribution in [3.8, 4) is 11.3 Å². The average Bonchev–Trinajstić information content (AvgIpc) is 3.24. The number of nitrogens with one attached hydrogen (secondary N) is 1. The van der Waals surface area contributed by atoms with E-state index in [-0.39, 0.29) is 5.56 Å². The second-order valence-corrected chi connectivity index (χ2v) is 10.3. The lowest BCUT2D eigenvalue weighted by molar-refractivity contribution is 0.0494. The number of carboxylic acid groups (broad SMARTS) is 1. The number of rotatable bonds is 4. The summed E-state index contributed by atoms with van der Waals surface area (Å²) < 4.78 is 23.1. The number of carboxylic acids is 1. The topological polar surface area (TPSA) is 92.9 Å². The van der Waals surface area contributed by atoms with E-state index in [2.05, 4.69) is 10.3 Å². The fraction of sp³-hybridized carbons (Fsp3) is 0.292. The molecule has 1 amide bonds. The summed E-state index contributed by atoms with van der Waals surface area (Å²) in [6.07, 6.45) is 2.67. The van der Waals surface area contributed by atoms with Crippen LogP contribution in [-0.4, -0.2) is 32.2 Å². The number of nitrogens with zero attached hydrogens (tertiary/aromatic N) is 2. The van der Waals surface area contributed by atoms with E-state index < -0.39 is 29.0 Å². The number of thiazole rings is 1. The van der Waals surface area contributed by atoms with Gasteiger partial charge >= 0.3 is 12.1 Å². The Kier molecular flexibility index (Phi) is 4.72. The van der Waals surface area contributed by atoms with Crippen molar-refractivity contribution in [1.82, 2.24) is 14.7 Å². The van der Waals surface area contributed by atoms with E-state index in [9.17, 15) is 14.7 Å². The minimum Gasteiger partial charge on any atom is -0.478 e. The molecule has 0 radical (unpaired) electrons. The Labute approximate surface area is 192 Å². The summed E-state index contributed by atoms with van der Waals surface area (Å²) in [6.45, 7) is 5.39. The van der Waals surface area contributed by atoms with E-state index in [1.165, 1.54) is 17.4 Å². The summed E-state index contributed by atoms with van der Waals surface area (Å²) in [4.78, 5) is 28.6. The number of ether oxygens (including phenoxy) is 1. The molecule has 2 aromatic heterocycles. The largest absolute Gasteiger partial charge is 0.478 e. The Bertz CT molecular complexity index is 1430. The van der Waals surface area contributed by atoms with E-state index in [1.54, 1.807) is 51.2 Å². The number of aromatic nitrogens is 2. The SMILES string of the molecule is CC(C)(C)OC(=O)NC1(c2ccc(-c3cn4c(n3)sc3cc(C(=O)O)ccc34)c(F)c2)CC1. The normalized spacial score (nSPS) is 15.0. The molecule has 1 aliphatic carbocycles. The molecule has 0 spiro atoms. The summed E-state index contributed by atoms with van der Waals surface area (Å²) in [5.74, 6) is -1.41. The maximum Gasteiger partial charge on any atom is 0.408 e. The van der Waals surface area contributed by atoms with Gasteiger partial charge in [-0.2, -0.15) is 0 Å². The maximum absolute atomic E-state index is 15.1. The molecule has 7 nitrogen and oxygen atoms in total. The van der Waals surface area contributed by atoms with Gasteiger partial charge in [-0.3, -0.25) is 4.40 Å². The van der Waals surface area contributed by atoms with Crippen LogP contribution in [0.2, 0.25) is 0 Å². The van der Waals surface area contributed by atoms with Gasteiger partial charge in [0.2, 0.25) is 0 Å². The van der Waals surface area contributed by atoms with Gasteiger partial charge < -0.3 is 15.2 Å². The maximum atomic E-state index is 15.1. The van der Waals surface area contributed by atoms with Gasteiger partial charge in [0, 0.05) is 11.8 Å². The number of aromatic carboxylic acids is 1. The summed E-state index contributed by atoms with van der Waals surface area (Å²) >= 11 is 1.35. The van der Waals surface area contributed by atoms with Crippen LogP contribution in [0.5, 0.6) is 0 Å². The summed E-state index contributed by atoms with van der Waals surface area (Å²) in [7, 11) is 0. The Hall–Kier alpha value is -3.46. The van der Waals surface area contributed by atoms with E-state index in [4.69, 9.17) is 4.74 Å². The molecular weight excluding hydrogens is 445 g/mol. The predicted octanol–water partition coefficient (Wildman–Crippen LogP) is 5.57. The zero-order valence-corrected chi connectivity index (χ0v) is 19.1. The number of halogens is 1. The van der Waals surface area contributed by atoms with Gasteiger partial charge in [-0.15, -0.1) is 0 Å². The predicted molar refractivity (Wildman–Crippen MR) is 123 cm³/mol. The summed E-state index contributed by atoms with van der Waals surface area (Å²) in [5, 5.41) is 12.1. The highest BCUT2D eigenvalue weighted by Gasteiger charge is 2.47. The quantitative estimate of drug-likeness (QED) is 0.409. The number of hydrogen-bond donors (Lipinski definition) is 2. The zero-order valence-electron chi connectivity index (χ0n) is 18.3. The first-order valence-corrected chi connectivity index (χ1v) is 11.3. The third-order valence-corrected chi connectivity index (χ3v) is 6.65. The number of hydrogen-bond acceptors (Lipinski definition) is 5. The van der Waals surface area contributed by atoms with Gasteiger partial charge in [-0.1, -0.05) is 17.4 Å². The number of alkyl carbamates (subject to hydrolysis) is 1. The average molecular weight is 468 g/mol. The van der Waals surface area contributed by atoms with Crippen molar-refractivity contribution in [3.05, 3.63) is 59.5 Å². The van der Waals surface area contributed by atoms with Crippen molar-refractivity contribution in [2.45, 2.75) is 44.8 Å². The molecule has 0 aliphatic heterocycles. The molecule has 170 valence electrons. The van der Waals surface area contributed by atoms with Crippen LogP contribution in [0.4, 0.5) is 9.18 Å². The van der Waals surface area contributed by atoms with E-state index in [0.717, 1.165) is 23.1 Å². The molecule has 0 unspecified atom stereocenters. The Balaban J connectivity index is 1.43. The Morgan fingerprint density at radius 2 is 1.97 bits per heavy atom. The first kappa shape index (κ1) is 21.4. The number of fused-ring (bicyclic) bond motifs is 3. The molecule has 2 aromatic carbocycles. The number of carbonyl (C=O) groups excluding carboxylic acids is 1. The van der Waals surface area contributed by atoms with Gasteiger partial charge in [0.15, 0.2) is 4.96 Å². The molecule has 33 heavy (non-hydrogen) atoms. The van der Waals surface area contributed by atoms with Crippen LogP contribution in [0.15, 0.2) is 42.6 Å². The molecule has 0 saturated heterocycles. The lowest BCUT2D eigenvalue weighted by Gasteiger charge is -2.24. The third kappa shape index (κ3) is 3.93. The van der Waals surface area contributed by atoms with Crippen molar-refractivity contribution in [3.63, 3.8) is 0 Å². The monoisotopic (exact) mass is 467 g/mol. The summed E-state index contributed by atoms with van der Waals surface area (Å²) in [6, 6.07) is 9.82. The smallest absolute Gasteiger partial charge is 0.408 e. The molecule has 2 heterocycles. The lowest BCUT2D eigenvalue weighted by Crippen LogP contribution is -2.39. The lowest BCUT2D eigenvalue weighted by atomic mass is 10.0. The van der Waals surface area contributed by atoms with Crippen molar-refractivity contribution in [2.75, 3.05) is 0 Å². The number of imidazole rings is 1. The summed E-state index contributed by atoms with van der Waals surface area (Å²) in [5.41, 5.74) is 1.36. The Morgan fingerprint density at radius 1 is 1.21 bits per heavy atom. The van der Waals surface area contributed by atoms with Crippen LogP contribution < -0.4 is 5.32 Å². The van der Waals surface area contributed by atoms with E-state index in [0.29, 0.717) is 21.8 Å². The third-order valence-electron chi connectivity index (χ3n) is 5.63. The Morgan fingerprint density at radius 3 is 2.61 bits per heavy atom. The molecule has 0 bridgehead atoms. The first-order valence-electron chi connectivity index (χ1n) is 10.5. The van der Waals surface area contributed by atoms with Gasteiger partial charge in [0.25, 0.3) is 0 Å². The highest BCUT2D eigenvalue weighted by Crippen LogP contribution is 2.46. The van der Waals surface area contributed by atoms with Crippen molar-refractivity contribution in [1.29, 1.82) is 0 Å². The van der Waals surface area contributed by atoms with Gasteiger partial charge in [0.05, 0.1) is 27.0 Å². The minimum atomic E-state index is -0.986. The molecule has 0 atom stereocenters. The molecule has 1 fully saturated rings. The van der Waals surface area contributed by atoms with Crippen LogP contribution in [0, 0.1) is 5.82 Å². The molecule has 5 rings (SSSR count). The van der Waals surface area contributed by atoms with Crippen molar-refractivity contribution >= 4 is 38.6 Å². The first-order chi connectivity index (χ1) is 15.5. The second-order valence-electron chi connectivity index (χ2n) is 9.27. The van der Waals surface area contributed by atoms with Crippen LogP contribution in [-0.2, 0) is 10.3 Å². The molecular formula is C24H22FN3O4S. The van der Waals surface area contributed by atoms with Crippen LogP contribution >= 0.6 is 11.3 Å². The number of benzene rings is 2. The number of amides is 1. The highest BCUT2D eigenvalue weighted by molar-refractivity contribution is 7.23. The molecule has 2 N–H and O–H groups in total. The molecule has 4 aromatic rings. The number of carbonyl (C=O) groups is 2. The zero-order chi connectivity index (χ0) is 23.5. The van der Waals surface area contributed by atoms with E-state index >= 15 is 4.39 Å². The van der Waals surface area contributed by atoms with Gasteiger partial charge in [-0.05, 0) is 69.5 Å². The van der Waals surface area contributed by atoms with Crippen LogP contribution in [0.3, 0.4) is 0 Å². The molecule has 1 saturated carbocycles. The van der Waals surface area contributed by atoms with Gasteiger partial charge in [0.1, 0.15) is 11.4 Å².